The summed E-state index contributed by atoms with van der Waals surface area (Å²) in [4.78, 5) is 27.8. The zero-order chi connectivity index (χ0) is 12.7. The lowest BCUT2D eigenvalue weighted by atomic mass is 10.1. The minimum absolute atomic E-state index is 0.392. The summed E-state index contributed by atoms with van der Waals surface area (Å²) in [6.07, 6.45) is 3.62. The zero-order valence-electron chi connectivity index (χ0n) is 9.69. The van der Waals surface area contributed by atoms with Gasteiger partial charge in [0.1, 0.15) is 11.4 Å². The molecule has 0 aliphatic carbocycles. The molecule has 0 atom stereocenters. The molecule has 1 aromatic rings. The summed E-state index contributed by atoms with van der Waals surface area (Å²) in [6, 6.07) is 3.23. The number of hydrogen-bond acceptors (Lipinski definition) is 5. The summed E-state index contributed by atoms with van der Waals surface area (Å²) < 4.78 is 5.31. The Morgan fingerprint density at radius 1 is 1.12 bits per heavy atom. The molecule has 5 heteroatoms. The highest BCUT2D eigenvalue weighted by atomic mass is 16.5. The van der Waals surface area contributed by atoms with Crippen LogP contribution in [0.15, 0.2) is 22.1 Å². The number of isocyanates is 2. The summed E-state index contributed by atoms with van der Waals surface area (Å²) >= 11 is 0. The molecule has 0 saturated heterocycles. The molecule has 1 aromatic carbocycles. The van der Waals surface area contributed by atoms with Crippen LogP contribution in [-0.2, 0) is 16.0 Å². The van der Waals surface area contributed by atoms with Crippen molar-refractivity contribution in [1.82, 2.24) is 0 Å². The van der Waals surface area contributed by atoms with Gasteiger partial charge in [0, 0.05) is 6.07 Å². The van der Waals surface area contributed by atoms with Gasteiger partial charge in [0.2, 0.25) is 12.2 Å². The van der Waals surface area contributed by atoms with Crippen molar-refractivity contribution >= 4 is 23.5 Å². The Morgan fingerprint density at radius 2 is 1.76 bits per heavy atom. The number of aryl methyl sites for hydroxylation is 1. The number of nitrogens with zero attached hydrogens (tertiary/aromatic N) is 2. The van der Waals surface area contributed by atoms with Crippen LogP contribution in [0, 0.1) is 0 Å². The van der Waals surface area contributed by atoms with Crippen molar-refractivity contribution in [2.24, 2.45) is 9.98 Å². The number of hydrogen-bond donors (Lipinski definition) is 0. The molecule has 0 spiro atoms. The average Bonchev–Trinajstić information content (AvgIpc) is 2.33. The molecule has 0 aliphatic rings. The first-order valence-electron chi connectivity index (χ1n) is 5.22. The smallest absolute Gasteiger partial charge is 0.240 e. The second kappa shape index (κ2) is 6.38. The van der Waals surface area contributed by atoms with E-state index in [1.807, 2.05) is 13.8 Å². The lowest BCUT2D eigenvalue weighted by molar-refractivity contribution is 0.341. The van der Waals surface area contributed by atoms with E-state index in [9.17, 15) is 9.59 Å². The molecule has 0 unspecified atom stereocenters. The molecule has 0 heterocycles. The van der Waals surface area contributed by atoms with Gasteiger partial charge in [-0.3, -0.25) is 0 Å². The molecule has 0 saturated carbocycles. The molecule has 0 amide bonds. The molecule has 0 N–H and O–H groups in total. The van der Waals surface area contributed by atoms with E-state index in [-0.39, 0.29) is 0 Å². The van der Waals surface area contributed by atoms with Gasteiger partial charge in [-0.15, -0.1) is 0 Å². The molecule has 0 fully saturated rings. The third-order valence-corrected chi connectivity index (χ3v) is 2.17. The molecule has 88 valence electrons. The number of carbonyl (C=O) groups excluding carboxylic acids is 2. The van der Waals surface area contributed by atoms with Crippen LogP contribution >= 0.6 is 0 Å². The molecule has 5 nitrogen and oxygen atoms in total. The Hall–Kier alpha value is -2.22. The first kappa shape index (κ1) is 12.8. The Morgan fingerprint density at radius 3 is 2.29 bits per heavy atom. The highest BCUT2D eigenvalue weighted by Gasteiger charge is 2.09. The Bertz CT molecular complexity index is 499. The normalized spacial score (nSPS) is 9.06. The fraction of sp³-hybridized carbons (Fsp3) is 0.333. The number of benzene rings is 1. The van der Waals surface area contributed by atoms with E-state index in [1.54, 1.807) is 12.1 Å². The van der Waals surface area contributed by atoms with Crippen LogP contribution in [0.1, 0.15) is 19.4 Å². The van der Waals surface area contributed by atoms with E-state index < -0.39 is 0 Å². The lowest BCUT2D eigenvalue weighted by Gasteiger charge is -2.09. The number of aliphatic imine (C=N–C) groups is 2. The molecule has 1 rings (SSSR count). The van der Waals surface area contributed by atoms with Crippen LogP contribution in [0.3, 0.4) is 0 Å². The zero-order valence-corrected chi connectivity index (χ0v) is 9.69. The summed E-state index contributed by atoms with van der Waals surface area (Å²) in [5, 5.41) is 0. The van der Waals surface area contributed by atoms with Gasteiger partial charge in [0.05, 0.1) is 12.3 Å². The highest BCUT2D eigenvalue weighted by molar-refractivity contribution is 5.67. The van der Waals surface area contributed by atoms with Gasteiger partial charge in [-0.05, 0) is 25.0 Å². The summed E-state index contributed by atoms with van der Waals surface area (Å²) in [5.41, 5.74) is 1.67. The molecular weight excluding hydrogens is 220 g/mol. The van der Waals surface area contributed by atoms with Gasteiger partial charge in [0.15, 0.2) is 0 Å². The quantitative estimate of drug-likeness (QED) is 0.578. The average molecular weight is 232 g/mol. The molecule has 0 bridgehead atoms. The van der Waals surface area contributed by atoms with Crippen molar-refractivity contribution in [2.75, 3.05) is 6.61 Å². The molecule has 0 aromatic heterocycles. The number of rotatable bonds is 5. The van der Waals surface area contributed by atoms with Crippen LogP contribution in [0.4, 0.5) is 11.4 Å². The van der Waals surface area contributed by atoms with Gasteiger partial charge in [-0.25, -0.2) is 9.59 Å². The SMILES string of the molecule is CCOc1cc(N=C=O)c(CC)cc1N=C=O. The first-order chi connectivity index (χ1) is 8.26. The Labute approximate surface area is 98.8 Å². The predicted octanol–water partition coefficient (Wildman–Crippen LogP) is 2.58. The van der Waals surface area contributed by atoms with Crippen molar-refractivity contribution in [2.45, 2.75) is 20.3 Å². The maximum Gasteiger partial charge on any atom is 0.240 e. The standard InChI is InChI=1S/C12H12N2O3/c1-3-9-5-11(14-8-16)12(17-4-2)6-10(9)13-7-15/h5-6H,3-4H2,1-2H3. The van der Waals surface area contributed by atoms with Gasteiger partial charge >= 0.3 is 0 Å². The summed E-state index contributed by atoms with van der Waals surface area (Å²) in [7, 11) is 0. The maximum atomic E-state index is 10.3. The van der Waals surface area contributed by atoms with Crippen molar-refractivity contribution in [1.29, 1.82) is 0 Å². The van der Waals surface area contributed by atoms with Gasteiger partial charge in [-0.2, -0.15) is 9.98 Å². The topological polar surface area (TPSA) is 68.1 Å². The van der Waals surface area contributed by atoms with E-state index in [4.69, 9.17) is 4.74 Å². The Kier molecular flexibility index (Phi) is 4.82. The maximum absolute atomic E-state index is 10.3. The lowest BCUT2D eigenvalue weighted by Crippen LogP contribution is -1.93. The largest absolute Gasteiger partial charge is 0.492 e. The molecule has 0 aliphatic heterocycles. The second-order valence-electron chi connectivity index (χ2n) is 3.14. The fourth-order valence-electron chi connectivity index (χ4n) is 1.45. The minimum Gasteiger partial charge on any atom is -0.492 e. The minimum atomic E-state index is 0.392. The monoisotopic (exact) mass is 232 g/mol. The molecular formula is C12H12N2O3. The van der Waals surface area contributed by atoms with Gasteiger partial charge < -0.3 is 4.74 Å². The van der Waals surface area contributed by atoms with Gasteiger partial charge in [-0.1, -0.05) is 6.92 Å². The van der Waals surface area contributed by atoms with Crippen molar-refractivity contribution in [3.05, 3.63) is 17.7 Å². The van der Waals surface area contributed by atoms with Crippen molar-refractivity contribution in [3.63, 3.8) is 0 Å². The fourth-order valence-corrected chi connectivity index (χ4v) is 1.45. The van der Waals surface area contributed by atoms with E-state index in [1.165, 1.54) is 12.2 Å². The van der Waals surface area contributed by atoms with E-state index >= 15 is 0 Å². The Balaban J connectivity index is 3.40. The van der Waals surface area contributed by atoms with Crippen LogP contribution in [0.5, 0.6) is 5.75 Å². The first-order valence-corrected chi connectivity index (χ1v) is 5.22. The third kappa shape index (κ3) is 3.11. The number of ether oxygens (including phenoxy) is 1. The van der Waals surface area contributed by atoms with Crippen LogP contribution in [-0.4, -0.2) is 18.8 Å². The summed E-state index contributed by atoms with van der Waals surface area (Å²) in [5.74, 6) is 0.405. The van der Waals surface area contributed by atoms with E-state index in [0.717, 1.165) is 5.56 Å². The second-order valence-corrected chi connectivity index (χ2v) is 3.14. The predicted molar refractivity (Wildman–Crippen MR) is 62.6 cm³/mol. The molecule has 17 heavy (non-hydrogen) atoms. The van der Waals surface area contributed by atoms with Crippen LogP contribution in [0.25, 0.3) is 0 Å². The van der Waals surface area contributed by atoms with E-state index in [0.29, 0.717) is 30.2 Å². The third-order valence-electron chi connectivity index (χ3n) is 2.17. The van der Waals surface area contributed by atoms with Gasteiger partial charge in [0.25, 0.3) is 0 Å². The van der Waals surface area contributed by atoms with Crippen LogP contribution in [0.2, 0.25) is 0 Å². The van der Waals surface area contributed by atoms with Crippen molar-refractivity contribution < 1.29 is 14.3 Å². The van der Waals surface area contributed by atoms with Crippen molar-refractivity contribution in [3.8, 4) is 5.75 Å². The highest BCUT2D eigenvalue weighted by Crippen LogP contribution is 2.35. The summed E-state index contributed by atoms with van der Waals surface area (Å²) in [6.45, 7) is 4.15. The van der Waals surface area contributed by atoms with E-state index in [2.05, 4.69) is 9.98 Å². The van der Waals surface area contributed by atoms with Crippen LogP contribution < -0.4 is 4.74 Å². The molecule has 0 radical (unpaired) electrons.